The van der Waals surface area contributed by atoms with Crippen LogP contribution in [0.1, 0.15) is 32.9 Å². The number of aromatic nitrogens is 3. The number of halogens is 4. The minimum atomic E-state index is -4.58. The normalized spacial score (nSPS) is 11.3. The average Bonchev–Trinajstić information content (AvgIpc) is 3.34. The lowest BCUT2D eigenvalue weighted by atomic mass is 10.1. The van der Waals surface area contributed by atoms with Gasteiger partial charge >= 0.3 is 6.18 Å². The number of alkyl halides is 3. The van der Waals surface area contributed by atoms with Gasteiger partial charge in [-0.15, -0.1) is 10.2 Å². The molecular formula is C28H25ClF3N5O3S. The number of carbonyl (C=O) groups excluding carboxylic acids is 2. The van der Waals surface area contributed by atoms with Crippen LogP contribution in [0.4, 0.5) is 18.9 Å². The van der Waals surface area contributed by atoms with E-state index in [1.807, 2.05) is 32.0 Å². The van der Waals surface area contributed by atoms with Crippen LogP contribution in [-0.4, -0.2) is 39.4 Å². The molecule has 0 unspecified atom stereocenters. The van der Waals surface area contributed by atoms with Crippen molar-refractivity contribution in [2.24, 2.45) is 0 Å². The third-order valence-corrected chi connectivity index (χ3v) is 7.20. The van der Waals surface area contributed by atoms with Crippen molar-refractivity contribution in [3.63, 3.8) is 0 Å². The highest BCUT2D eigenvalue weighted by Gasteiger charge is 2.31. The SMILES string of the molecule is COc1cccc(C(=O)NCc2nnc(SCC(=O)Nc3cc(C(F)(F)F)ccc3Cl)n2-c2cc(C)ccc2C)c1. The number of nitrogens with zero attached hydrogens (tertiary/aromatic N) is 3. The Morgan fingerprint density at radius 2 is 1.83 bits per heavy atom. The predicted molar refractivity (Wildman–Crippen MR) is 151 cm³/mol. The summed E-state index contributed by atoms with van der Waals surface area (Å²) in [5.74, 6) is -0.157. The summed E-state index contributed by atoms with van der Waals surface area (Å²) >= 11 is 7.05. The van der Waals surface area contributed by atoms with Crippen molar-refractivity contribution in [1.82, 2.24) is 20.1 Å². The van der Waals surface area contributed by atoms with Gasteiger partial charge in [-0.3, -0.25) is 14.2 Å². The lowest BCUT2D eigenvalue weighted by Crippen LogP contribution is -2.25. The molecule has 2 amide bonds. The van der Waals surface area contributed by atoms with E-state index < -0.39 is 17.6 Å². The Kier molecular flexibility index (Phi) is 9.24. The number of benzene rings is 3. The van der Waals surface area contributed by atoms with Gasteiger partial charge in [0.25, 0.3) is 5.91 Å². The first kappa shape index (κ1) is 29.9. The largest absolute Gasteiger partial charge is 0.497 e. The maximum atomic E-state index is 13.1. The first-order chi connectivity index (χ1) is 19.5. The highest BCUT2D eigenvalue weighted by molar-refractivity contribution is 7.99. The van der Waals surface area contributed by atoms with E-state index in [4.69, 9.17) is 16.3 Å². The molecule has 0 saturated carbocycles. The van der Waals surface area contributed by atoms with Crippen molar-refractivity contribution < 1.29 is 27.5 Å². The minimum Gasteiger partial charge on any atom is -0.497 e. The number of rotatable bonds is 9. The van der Waals surface area contributed by atoms with Crippen LogP contribution in [0.3, 0.4) is 0 Å². The van der Waals surface area contributed by atoms with Crippen LogP contribution in [0.5, 0.6) is 5.75 Å². The molecule has 4 aromatic rings. The number of ether oxygens (including phenoxy) is 1. The summed E-state index contributed by atoms with van der Waals surface area (Å²) < 4.78 is 46.3. The van der Waals surface area contributed by atoms with Gasteiger partial charge in [0.15, 0.2) is 11.0 Å². The van der Waals surface area contributed by atoms with Gasteiger partial charge in [0.1, 0.15) is 5.75 Å². The van der Waals surface area contributed by atoms with E-state index in [0.29, 0.717) is 22.3 Å². The molecule has 0 fully saturated rings. The summed E-state index contributed by atoms with van der Waals surface area (Å²) in [5.41, 5.74) is 1.95. The van der Waals surface area contributed by atoms with Gasteiger partial charge in [-0.25, -0.2) is 0 Å². The fraction of sp³-hybridized carbons (Fsp3) is 0.214. The van der Waals surface area contributed by atoms with Crippen molar-refractivity contribution in [3.05, 3.63) is 93.8 Å². The van der Waals surface area contributed by atoms with Crippen molar-refractivity contribution in [1.29, 1.82) is 0 Å². The molecule has 0 aliphatic carbocycles. The Hall–Kier alpha value is -4.03. The smallest absolute Gasteiger partial charge is 0.416 e. The average molecular weight is 604 g/mol. The summed E-state index contributed by atoms with van der Waals surface area (Å²) in [6, 6.07) is 15.2. The zero-order chi connectivity index (χ0) is 29.7. The van der Waals surface area contributed by atoms with Crippen LogP contribution in [-0.2, 0) is 17.5 Å². The summed E-state index contributed by atoms with van der Waals surface area (Å²) in [5, 5.41) is 14.1. The highest BCUT2D eigenvalue weighted by atomic mass is 35.5. The lowest BCUT2D eigenvalue weighted by Gasteiger charge is -2.14. The molecule has 0 aliphatic rings. The Morgan fingerprint density at radius 1 is 1.05 bits per heavy atom. The van der Waals surface area contributed by atoms with Gasteiger partial charge in [0.05, 0.1) is 41.4 Å². The summed E-state index contributed by atoms with van der Waals surface area (Å²) in [6.07, 6.45) is -4.58. The van der Waals surface area contributed by atoms with Crippen molar-refractivity contribution in [2.75, 3.05) is 18.2 Å². The Labute approximate surface area is 243 Å². The van der Waals surface area contributed by atoms with Gasteiger partial charge < -0.3 is 15.4 Å². The monoisotopic (exact) mass is 603 g/mol. The van der Waals surface area contributed by atoms with E-state index in [-0.39, 0.29) is 28.9 Å². The fourth-order valence-corrected chi connectivity index (χ4v) is 4.78. The third-order valence-electron chi connectivity index (χ3n) is 5.95. The number of nitrogens with one attached hydrogen (secondary N) is 2. The summed E-state index contributed by atoms with van der Waals surface area (Å²) in [7, 11) is 1.51. The molecule has 3 aromatic carbocycles. The Morgan fingerprint density at radius 3 is 2.56 bits per heavy atom. The number of hydrogen-bond acceptors (Lipinski definition) is 6. The van der Waals surface area contributed by atoms with Crippen LogP contribution in [0.2, 0.25) is 5.02 Å². The molecule has 0 atom stereocenters. The second-order valence-corrected chi connectivity index (χ2v) is 10.3. The number of anilines is 1. The lowest BCUT2D eigenvalue weighted by molar-refractivity contribution is -0.137. The highest BCUT2D eigenvalue weighted by Crippen LogP contribution is 2.34. The second kappa shape index (κ2) is 12.6. The molecule has 0 aliphatic heterocycles. The molecule has 2 N–H and O–H groups in total. The number of methoxy groups -OCH3 is 1. The molecule has 214 valence electrons. The number of amides is 2. The molecular weight excluding hydrogens is 579 g/mol. The number of hydrogen-bond donors (Lipinski definition) is 2. The number of carbonyl (C=O) groups is 2. The van der Waals surface area contributed by atoms with Gasteiger partial charge in [-0.2, -0.15) is 13.2 Å². The fourth-order valence-electron chi connectivity index (χ4n) is 3.85. The molecule has 0 radical (unpaired) electrons. The van der Waals surface area contributed by atoms with Gasteiger partial charge in [-0.1, -0.05) is 41.6 Å². The van der Waals surface area contributed by atoms with E-state index in [9.17, 15) is 22.8 Å². The first-order valence-electron chi connectivity index (χ1n) is 12.2. The van der Waals surface area contributed by atoms with Crippen molar-refractivity contribution >= 4 is 40.9 Å². The van der Waals surface area contributed by atoms with Gasteiger partial charge in [0.2, 0.25) is 5.91 Å². The maximum absolute atomic E-state index is 13.1. The van der Waals surface area contributed by atoms with Crippen molar-refractivity contribution in [3.8, 4) is 11.4 Å². The molecule has 13 heteroatoms. The topological polar surface area (TPSA) is 98.1 Å². The molecule has 1 heterocycles. The standard InChI is InChI=1S/C28H25ClF3N5O3S/c1-16-7-8-17(2)23(11-16)37-24(14-33-26(39)18-5-4-6-20(12-18)40-3)35-36-27(37)41-15-25(38)34-22-13-19(28(30,31)32)9-10-21(22)29/h4-13H,14-15H2,1-3H3,(H,33,39)(H,34,38). The zero-order valence-electron chi connectivity index (χ0n) is 22.2. The van der Waals surface area contributed by atoms with Crippen LogP contribution < -0.4 is 15.4 Å². The van der Waals surface area contributed by atoms with E-state index >= 15 is 0 Å². The predicted octanol–water partition coefficient (Wildman–Crippen LogP) is 6.23. The Bertz CT molecular complexity index is 1590. The second-order valence-electron chi connectivity index (χ2n) is 8.97. The molecule has 8 nitrogen and oxygen atoms in total. The first-order valence-corrected chi connectivity index (χ1v) is 13.6. The summed E-state index contributed by atoms with van der Waals surface area (Å²) in [6.45, 7) is 3.86. The number of aryl methyl sites for hydroxylation is 2. The van der Waals surface area contributed by atoms with E-state index in [1.165, 1.54) is 7.11 Å². The van der Waals surface area contributed by atoms with Crippen LogP contribution in [0, 0.1) is 13.8 Å². The zero-order valence-corrected chi connectivity index (χ0v) is 23.7. The maximum Gasteiger partial charge on any atom is 0.416 e. The van der Waals surface area contributed by atoms with Gasteiger partial charge in [-0.05, 0) is 67.4 Å². The van der Waals surface area contributed by atoms with Gasteiger partial charge in [0, 0.05) is 5.56 Å². The van der Waals surface area contributed by atoms with Crippen LogP contribution in [0.25, 0.3) is 5.69 Å². The molecule has 4 rings (SSSR count). The van der Waals surface area contributed by atoms with E-state index in [1.54, 1.807) is 28.8 Å². The number of thioether (sulfide) groups is 1. The molecule has 41 heavy (non-hydrogen) atoms. The molecule has 0 bridgehead atoms. The minimum absolute atomic E-state index is 0.0241. The van der Waals surface area contributed by atoms with Crippen LogP contribution in [0.15, 0.2) is 65.8 Å². The van der Waals surface area contributed by atoms with E-state index in [0.717, 1.165) is 46.8 Å². The van der Waals surface area contributed by atoms with E-state index in [2.05, 4.69) is 20.8 Å². The summed E-state index contributed by atoms with van der Waals surface area (Å²) in [4.78, 5) is 25.5. The molecule has 0 spiro atoms. The Balaban J connectivity index is 1.55. The van der Waals surface area contributed by atoms with Crippen molar-refractivity contribution in [2.45, 2.75) is 31.7 Å². The quantitative estimate of drug-likeness (QED) is 0.220. The van der Waals surface area contributed by atoms with Crippen LogP contribution >= 0.6 is 23.4 Å². The molecule has 0 saturated heterocycles. The third kappa shape index (κ3) is 7.39. The molecule has 1 aromatic heterocycles.